The molecule has 0 amide bonds. The molecule has 1 heterocycles. The first-order valence-corrected chi connectivity index (χ1v) is 5.16. The topological polar surface area (TPSA) is 72.8 Å². The standard InChI is InChI=1S/C11H16O5/c1-6(2)4-8(12)11-15-9(13)5-7(3)10(14)16-11/h6,8,11-12H,3-5H2,1-2H3. The molecule has 16 heavy (non-hydrogen) atoms. The quantitative estimate of drug-likeness (QED) is 0.570. The van der Waals surface area contributed by atoms with Gasteiger partial charge in [-0.3, -0.25) is 4.79 Å². The Labute approximate surface area is 94.0 Å². The Balaban J connectivity index is 2.69. The van der Waals surface area contributed by atoms with Gasteiger partial charge in [-0.25, -0.2) is 4.79 Å². The normalized spacial score (nSPS) is 23.8. The molecule has 1 aliphatic heterocycles. The second kappa shape index (κ2) is 5.12. The minimum absolute atomic E-state index is 0.0456. The van der Waals surface area contributed by atoms with Crippen molar-refractivity contribution in [2.45, 2.75) is 39.1 Å². The predicted octanol–water partition coefficient (Wildman–Crippen LogP) is 0.766. The van der Waals surface area contributed by atoms with Crippen LogP contribution in [0.5, 0.6) is 0 Å². The van der Waals surface area contributed by atoms with Crippen molar-refractivity contribution >= 4 is 11.9 Å². The lowest BCUT2D eigenvalue weighted by Gasteiger charge is -2.21. The Hall–Kier alpha value is -1.36. The highest BCUT2D eigenvalue weighted by Crippen LogP contribution is 2.18. The molecule has 5 nitrogen and oxygen atoms in total. The number of ether oxygens (including phenoxy) is 2. The van der Waals surface area contributed by atoms with Gasteiger partial charge in [-0.2, -0.15) is 0 Å². The molecule has 2 atom stereocenters. The zero-order valence-electron chi connectivity index (χ0n) is 9.43. The summed E-state index contributed by atoms with van der Waals surface area (Å²) in [6, 6.07) is 0. The van der Waals surface area contributed by atoms with Crippen molar-refractivity contribution in [1.29, 1.82) is 0 Å². The third-order valence-electron chi connectivity index (χ3n) is 2.14. The molecular weight excluding hydrogens is 212 g/mol. The lowest BCUT2D eigenvalue weighted by Crippen LogP contribution is -2.34. The maximum atomic E-state index is 11.3. The molecule has 0 spiro atoms. The average Bonchev–Trinajstić information content (AvgIpc) is 2.25. The predicted molar refractivity (Wildman–Crippen MR) is 55.2 cm³/mol. The molecule has 0 aromatic carbocycles. The third kappa shape index (κ3) is 3.34. The molecule has 90 valence electrons. The molecule has 0 saturated carbocycles. The molecule has 0 aromatic heterocycles. The van der Waals surface area contributed by atoms with Gasteiger partial charge < -0.3 is 14.6 Å². The van der Waals surface area contributed by atoms with Crippen LogP contribution < -0.4 is 0 Å². The SMILES string of the molecule is C=C1CC(=O)OC(C(O)CC(C)C)OC1=O. The minimum atomic E-state index is -1.22. The summed E-state index contributed by atoms with van der Waals surface area (Å²) in [4.78, 5) is 22.5. The van der Waals surface area contributed by atoms with E-state index in [1.165, 1.54) is 0 Å². The maximum absolute atomic E-state index is 11.3. The summed E-state index contributed by atoms with van der Waals surface area (Å²) in [5.41, 5.74) is 0.0456. The van der Waals surface area contributed by atoms with E-state index in [-0.39, 0.29) is 17.9 Å². The van der Waals surface area contributed by atoms with E-state index in [4.69, 9.17) is 9.47 Å². The van der Waals surface area contributed by atoms with Crippen molar-refractivity contribution in [3.05, 3.63) is 12.2 Å². The Bertz CT molecular complexity index is 307. The van der Waals surface area contributed by atoms with Crippen molar-refractivity contribution in [3.8, 4) is 0 Å². The zero-order chi connectivity index (χ0) is 12.3. The van der Waals surface area contributed by atoms with E-state index in [0.717, 1.165) is 0 Å². The van der Waals surface area contributed by atoms with Gasteiger partial charge in [-0.15, -0.1) is 0 Å². The molecule has 1 aliphatic rings. The first-order chi connectivity index (χ1) is 7.40. The minimum Gasteiger partial charge on any atom is -0.422 e. The van der Waals surface area contributed by atoms with Crippen LogP contribution >= 0.6 is 0 Å². The number of rotatable bonds is 3. The highest BCUT2D eigenvalue weighted by atomic mass is 16.7. The fourth-order valence-electron chi connectivity index (χ4n) is 1.38. The number of esters is 2. The lowest BCUT2D eigenvalue weighted by molar-refractivity contribution is -0.200. The number of cyclic esters (lactones) is 2. The van der Waals surface area contributed by atoms with Crippen LogP contribution in [0.25, 0.3) is 0 Å². The molecule has 1 rings (SSSR count). The number of carbonyl (C=O) groups is 2. The van der Waals surface area contributed by atoms with Crippen molar-refractivity contribution in [1.82, 2.24) is 0 Å². The van der Waals surface area contributed by atoms with E-state index in [1.807, 2.05) is 13.8 Å². The number of carbonyl (C=O) groups excluding carboxylic acids is 2. The van der Waals surface area contributed by atoms with E-state index in [0.29, 0.717) is 6.42 Å². The average molecular weight is 228 g/mol. The van der Waals surface area contributed by atoms with Gasteiger partial charge in [-0.05, 0) is 12.3 Å². The van der Waals surface area contributed by atoms with Crippen LogP contribution in [0.1, 0.15) is 26.7 Å². The van der Waals surface area contributed by atoms with E-state index in [2.05, 4.69) is 6.58 Å². The van der Waals surface area contributed by atoms with Crippen LogP contribution in [0.3, 0.4) is 0 Å². The lowest BCUT2D eigenvalue weighted by atomic mass is 10.1. The van der Waals surface area contributed by atoms with Gasteiger partial charge in [-0.1, -0.05) is 20.4 Å². The van der Waals surface area contributed by atoms with Crippen LogP contribution in [0.15, 0.2) is 12.2 Å². The fourth-order valence-corrected chi connectivity index (χ4v) is 1.38. The molecule has 1 N–H and O–H groups in total. The van der Waals surface area contributed by atoms with Gasteiger partial charge in [0.1, 0.15) is 6.10 Å². The molecular formula is C11H16O5. The van der Waals surface area contributed by atoms with Gasteiger partial charge in [0.15, 0.2) is 0 Å². The van der Waals surface area contributed by atoms with E-state index < -0.39 is 24.3 Å². The molecule has 0 bridgehead atoms. The van der Waals surface area contributed by atoms with Gasteiger partial charge in [0, 0.05) is 5.57 Å². The summed E-state index contributed by atoms with van der Waals surface area (Å²) in [5, 5.41) is 9.71. The second-order valence-electron chi connectivity index (χ2n) is 4.24. The number of aliphatic hydroxyl groups excluding tert-OH is 1. The maximum Gasteiger partial charge on any atom is 0.337 e. The number of aliphatic hydroxyl groups is 1. The van der Waals surface area contributed by atoms with E-state index in [9.17, 15) is 14.7 Å². The number of hydrogen-bond donors (Lipinski definition) is 1. The summed E-state index contributed by atoms with van der Waals surface area (Å²) in [7, 11) is 0. The third-order valence-corrected chi connectivity index (χ3v) is 2.14. The Morgan fingerprint density at radius 2 is 2.06 bits per heavy atom. The summed E-state index contributed by atoms with van der Waals surface area (Å²) >= 11 is 0. The first kappa shape index (κ1) is 12.7. The highest BCUT2D eigenvalue weighted by molar-refractivity contribution is 5.94. The molecule has 5 heteroatoms. The van der Waals surface area contributed by atoms with Crippen LogP contribution in [0.4, 0.5) is 0 Å². The van der Waals surface area contributed by atoms with Gasteiger partial charge in [0.05, 0.1) is 6.42 Å². The van der Waals surface area contributed by atoms with Crippen molar-refractivity contribution in [2.24, 2.45) is 5.92 Å². The van der Waals surface area contributed by atoms with Crippen molar-refractivity contribution < 1.29 is 24.2 Å². The van der Waals surface area contributed by atoms with Crippen LogP contribution in [0.2, 0.25) is 0 Å². The second-order valence-corrected chi connectivity index (χ2v) is 4.24. The van der Waals surface area contributed by atoms with Gasteiger partial charge >= 0.3 is 11.9 Å². The Morgan fingerprint density at radius 3 is 2.62 bits per heavy atom. The smallest absolute Gasteiger partial charge is 0.337 e. The van der Waals surface area contributed by atoms with Gasteiger partial charge in [0.25, 0.3) is 6.29 Å². The molecule has 1 fully saturated rings. The molecule has 0 aliphatic carbocycles. The summed E-state index contributed by atoms with van der Waals surface area (Å²) < 4.78 is 9.65. The molecule has 1 saturated heterocycles. The first-order valence-electron chi connectivity index (χ1n) is 5.16. The summed E-state index contributed by atoms with van der Waals surface area (Å²) in [5.74, 6) is -1.10. The fraction of sp³-hybridized carbons (Fsp3) is 0.636. The summed E-state index contributed by atoms with van der Waals surface area (Å²) in [6.07, 6.45) is -2.03. The van der Waals surface area contributed by atoms with E-state index >= 15 is 0 Å². The van der Waals surface area contributed by atoms with Crippen LogP contribution in [-0.2, 0) is 19.1 Å². The monoisotopic (exact) mass is 228 g/mol. The molecule has 0 aromatic rings. The van der Waals surface area contributed by atoms with Gasteiger partial charge in [0.2, 0.25) is 0 Å². The van der Waals surface area contributed by atoms with E-state index in [1.54, 1.807) is 0 Å². The van der Waals surface area contributed by atoms with Crippen LogP contribution in [0, 0.1) is 5.92 Å². The highest BCUT2D eigenvalue weighted by Gasteiger charge is 2.32. The Morgan fingerprint density at radius 1 is 1.44 bits per heavy atom. The molecule has 2 unspecified atom stereocenters. The van der Waals surface area contributed by atoms with Crippen molar-refractivity contribution in [2.75, 3.05) is 0 Å². The summed E-state index contributed by atoms with van der Waals surface area (Å²) in [6.45, 7) is 7.21. The van der Waals surface area contributed by atoms with Crippen molar-refractivity contribution in [3.63, 3.8) is 0 Å². The van der Waals surface area contributed by atoms with Crippen LogP contribution in [-0.4, -0.2) is 29.4 Å². The Kier molecular flexibility index (Phi) is 4.06. The largest absolute Gasteiger partial charge is 0.422 e. The zero-order valence-corrected chi connectivity index (χ0v) is 9.43. The number of hydrogen-bond acceptors (Lipinski definition) is 5. The molecule has 0 radical (unpaired) electrons.